The molecule has 1 atom stereocenters. The van der Waals surface area contributed by atoms with E-state index in [9.17, 15) is 14.4 Å². The first kappa shape index (κ1) is 22.3. The number of nitrogens with one attached hydrogen (secondary N) is 3. The van der Waals surface area contributed by atoms with Crippen molar-refractivity contribution >= 4 is 23.5 Å². The van der Waals surface area contributed by atoms with Gasteiger partial charge in [0.15, 0.2) is 6.61 Å². The van der Waals surface area contributed by atoms with Gasteiger partial charge in [-0.15, -0.1) is 0 Å². The van der Waals surface area contributed by atoms with Gasteiger partial charge < -0.3 is 25.6 Å². The van der Waals surface area contributed by atoms with Crippen molar-refractivity contribution in [3.63, 3.8) is 0 Å². The van der Waals surface area contributed by atoms with Crippen LogP contribution in [0, 0.1) is 0 Å². The lowest BCUT2D eigenvalue weighted by molar-refractivity contribution is -0.130. The van der Waals surface area contributed by atoms with E-state index in [1.54, 1.807) is 38.4 Å². The van der Waals surface area contributed by atoms with Crippen molar-refractivity contribution in [2.45, 2.75) is 39.2 Å². The lowest BCUT2D eigenvalue weighted by Gasteiger charge is -2.18. The van der Waals surface area contributed by atoms with Crippen molar-refractivity contribution in [2.24, 2.45) is 0 Å². The number of benzene rings is 1. The standard InChI is InChI=1S/C19H30N4O4/c1-5-7-8-16(22-19(26)20-6-2)18(25)21-14-9-11-15(12-10-14)27-13-17(24)23(3)4/h9-12,16H,5-8,13H2,1-4H3,(H,21,25)(H2,20,22,26)/t16-/m0/s1. The lowest BCUT2D eigenvalue weighted by atomic mass is 10.1. The van der Waals surface area contributed by atoms with Crippen LogP contribution in [0.3, 0.4) is 0 Å². The first-order chi connectivity index (χ1) is 12.9. The van der Waals surface area contributed by atoms with Gasteiger partial charge in [0.25, 0.3) is 5.91 Å². The van der Waals surface area contributed by atoms with Crippen molar-refractivity contribution < 1.29 is 19.1 Å². The molecule has 150 valence electrons. The zero-order chi connectivity index (χ0) is 20.2. The van der Waals surface area contributed by atoms with Crippen LogP contribution in [0.5, 0.6) is 5.75 Å². The molecule has 8 heteroatoms. The molecule has 1 aromatic rings. The highest BCUT2D eigenvalue weighted by atomic mass is 16.5. The molecule has 27 heavy (non-hydrogen) atoms. The predicted molar refractivity (Wildman–Crippen MR) is 105 cm³/mol. The van der Waals surface area contributed by atoms with Crippen LogP contribution in [0.25, 0.3) is 0 Å². The van der Waals surface area contributed by atoms with Crippen LogP contribution in [0.4, 0.5) is 10.5 Å². The van der Waals surface area contributed by atoms with Gasteiger partial charge in [-0.2, -0.15) is 0 Å². The molecule has 0 heterocycles. The van der Waals surface area contributed by atoms with Crippen LogP contribution in [0.2, 0.25) is 0 Å². The Bertz CT molecular complexity index is 617. The minimum atomic E-state index is -0.606. The van der Waals surface area contributed by atoms with E-state index >= 15 is 0 Å². The summed E-state index contributed by atoms with van der Waals surface area (Å²) < 4.78 is 5.40. The Balaban J connectivity index is 2.63. The fraction of sp³-hybridized carbons (Fsp3) is 0.526. The fourth-order valence-electron chi connectivity index (χ4n) is 2.18. The van der Waals surface area contributed by atoms with Crippen molar-refractivity contribution in [1.29, 1.82) is 0 Å². The summed E-state index contributed by atoms with van der Waals surface area (Å²) in [7, 11) is 3.32. The highest BCUT2D eigenvalue weighted by Crippen LogP contribution is 2.16. The Kier molecular flexibility index (Phi) is 9.71. The number of carbonyl (C=O) groups is 3. The quantitative estimate of drug-likeness (QED) is 0.579. The molecule has 0 spiro atoms. The van der Waals surface area contributed by atoms with Crippen LogP contribution in [0.15, 0.2) is 24.3 Å². The maximum Gasteiger partial charge on any atom is 0.315 e. The number of carbonyl (C=O) groups excluding carboxylic acids is 3. The van der Waals surface area contributed by atoms with E-state index in [0.717, 1.165) is 12.8 Å². The van der Waals surface area contributed by atoms with Gasteiger partial charge in [0.2, 0.25) is 5.91 Å². The molecule has 0 saturated heterocycles. The maximum atomic E-state index is 12.5. The van der Waals surface area contributed by atoms with E-state index in [0.29, 0.717) is 24.4 Å². The number of amides is 4. The SMILES string of the molecule is CCCC[C@H](NC(=O)NCC)C(=O)Nc1ccc(OCC(=O)N(C)C)cc1. The van der Waals surface area contributed by atoms with Gasteiger partial charge in [0, 0.05) is 26.3 Å². The van der Waals surface area contributed by atoms with E-state index in [1.165, 1.54) is 4.90 Å². The van der Waals surface area contributed by atoms with Gasteiger partial charge >= 0.3 is 6.03 Å². The molecular formula is C19H30N4O4. The van der Waals surface area contributed by atoms with Crippen LogP contribution < -0.4 is 20.7 Å². The molecule has 0 aliphatic rings. The Morgan fingerprint density at radius 1 is 1.11 bits per heavy atom. The van der Waals surface area contributed by atoms with Crippen LogP contribution in [-0.4, -0.2) is 56.0 Å². The van der Waals surface area contributed by atoms with E-state index in [4.69, 9.17) is 4.74 Å². The van der Waals surface area contributed by atoms with Gasteiger partial charge in [0.05, 0.1) is 0 Å². The van der Waals surface area contributed by atoms with Gasteiger partial charge in [0.1, 0.15) is 11.8 Å². The number of hydrogen-bond acceptors (Lipinski definition) is 4. The Morgan fingerprint density at radius 2 is 1.78 bits per heavy atom. The average molecular weight is 378 g/mol. The fourth-order valence-corrected chi connectivity index (χ4v) is 2.18. The molecule has 0 unspecified atom stereocenters. The Labute approximate surface area is 160 Å². The van der Waals surface area contributed by atoms with E-state index in [-0.39, 0.29) is 24.5 Å². The van der Waals surface area contributed by atoms with Crippen molar-refractivity contribution in [2.75, 3.05) is 32.6 Å². The molecule has 0 aromatic heterocycles. The lowest BCUT2D eigenvalue weighted by Crippen LogP contribution is -2.47. The molecule has 0 aliphatic carbocycles. The van der Waals surface area contributed by atoms with Crippen LogP contribution >= 0.6 is 0 Å². The third kappa shape index (κ3) is 8.44. The highest BCUT2D eigenvalue weighted by Gasteiger charge is 2.20. The third-order valence-electron chi connectivity index (χ3n) is 3.79. The first-order valence-corrected chi connectivity index (χ1v) is 9.15. The van der Waals surface area contributed by atoms with E-state index in [1.807, 2.05) is 13.8 Å². The summed E-state index contributed by atoms with van der Waals surface area (Å²) in [6.07, 6.45) is 2.32. The third-order valence-corrected chi connectivity index (χ3v) is 3.79. The highest BCUT2D eigenvalue weighted by molar-refractivity contribution is 5.97. The molecule has 1 aromatic carbocycles. The molecule has 8 nitrogen and oxygen atoms in total. The summed E-state index contributed by atoms with van der Waals surface area (Å²) >= 11 is 0. The second-order valence-electron chi connectivity index (χ2n) is 6.29. The molecule has 0 bridgehead atoms. The number of likely N-dealkylation sites (N-methyl/N-ethyl adjacent to an activating group) is 1. The van der Waals surface area contributed by atoms with Crippen molar-refractivity contribution in [1.82, 2.24) is 15.5 Å². The maximum absolute atomic E-state index is 12.5. The van der Waals surface area contributed by atoms with Gasteiger partial charge in [-0.1, -0.05) is 19.8 Å². The molecule has 1 rings (SSSR count). The number of urea groups is 1. The number of nitrogens with zero attached hydrogens (tertiary/aromatic N) is 1. The number of rotatable bonds is 10. The van der Waals surface area contributed by atoms with Crippen molar-refractivity contribution in [3.05, 3.63) is 24.3 Å². The largest absolute Gasteiger partial charge is 0.484 e. The predicted octanol–water partition coefficient (Wildman–Crippen LogP) is 1.97. The molecule has 0 radical (unpaired) electrons. The Morgan fingerprint density at radius 3 is 2.33 bits per heavy atom. The van der Waals surface area contributed by atoms with Crippen LogP contribution in [-0.2, 0) is 9.59 Å². The summed E-state index contributed by atoms with van der Waals surface area (Å²) in [4.78, 5) is 37.2. The molecule has 3 N–H and O–H groups in total. The number of unbranched alkanes of at least 4 members (excludes halogenated alkanes) is 1. The second-order valence-corrected chi connectivity index (χ2v) is 6.29. The van der Waals surface area contributed by atoms with Crippen LogP contribution in [0.1, 0.15) is 33.1 Å². The molecular weight excluding hydrogens is 348 g/mol. The van der Waals surface area contributed by atoms with Gasteiger partial charge in [-0.25, -0.2) is 4.79 Å². The average Bonchev–Trinajstić information content (AvgIpc) is 2.64. The second kappa shape index (κ2) is 11.8. The first-order valence-electron chi connectivity index (χ1n) is 9.15. The number of anilines is 1. The molecule has 4 amide bonds. The smallest absolute Gasteiger partial charge is 0.315 e. The minimum Gasteiger partial charge on any atom is -0.484 e. The topological polar surface area (TPSA) is 99.8 Å². The summed E-state index contributed by atoms with van der Waals surface area (Å²) in [5.41, 5.74) is 0.588. The minimum absolute atomic E-state index is 0.0474. The summed E-state index contributed by atoms with van der Waals surface area (Å²) in [6, 6.07) is 5.77. The monoisotopic (exact) mass is 378 g/mol. The zero-order valence-corrected chi connectivity index (χ0v) is 16.5. The number of hydrogen-bond donors (Lipinski definition) is 3. The normalized spacial score (nSPS) is 11.3. The van der Waals surface area contributed by atoms with Gasteiger partial charge in [-0.05, 0) is 37.6 Å². The van der Waals surface area contributed by atoms with Crippen molar-refractivity contribution in [3.8, 4) is 5.75 Å². The molecule has 0 fully saturated rings. The summed E-state index contributed by atoms with van der Waals surface area (Å²) in [6.45, 7) is 4.29. The Hall–Kier alpha value is -2.77. The van der Waals surface area contributed by atoms with E-state index < -0.39 is 6.04 Å². The summed E-state index contributed by atoms with van der Waals surface area (Å²) in [5.74, 6) is 0.125. The molecule has 0 aliphatic heterocycles. The zero-order valence-electron chi connectivity index (χ0n) is 16.5. The number of ether oxygens (including phenoxy) is 1. The summed E-state index contributed by atoms with van der Waals surface area (Å²) in [5, 5.41) is 8.13. The van der Waals surface area contributed by atoms with Gasteiger partial charge in [-0.3, -0.25) is 9.59 Å². The van der Waals surface area contributed by atoms with E-state index in [2.05, 4.69) is 16.0 Å². The molecule has 0 saturated carbocycles.